The molecule has 0 N–H and O–H groups in total. The number of furan rings is 1. The Labute approximate surface area is 249 Å². The molecular formula is C41H28O2. The first-order valence-electron chi connectivity index (χ1n) is 14.8. The Morgan fingerprint density at radius 2 is 1.05 bits per heavy atom. The highest BCUT2D eigenvalue weighted by Crippen LogP contribution is 2.52. The van der Waals surface area contributed by atoms with Gasteiger partial charge in [-0.3, -0.25) is 0 Å². The van der Waals surface area contributed by atoms with Crippen LogP contribution in [0.15, 0.2) is 138 Å². The lowest BCUT2D eigenvalue weighted by Crippen LogP contribution is -2.24. The summed E-state index contributed by atoms with van der Waals surface area (Å²) < 4.78 is 12.9. The van der Waals surface area contributed by atoms with E-state index >= 15 is 0 Å². The third-order valence-electron chi connectivity index (χ3n) is 9.30. The summed E-state index contributed by atoms with van der Waals surface area (Å²) in [6.07, 6.45) is 0. The van der Waals surface area contributed by atoms with Gasteiger partial charge < -0.3 is 9.15 Å². The van der Waals surface area contributed by atoms with Gasteiger partial charge in [0, 0.05) is 27.3 Å². The molecule has 0 amide bonds. The van der Waals surface area contributed by atoms with Gasteiger partial charge in [0.2, 0.25) is 0 Å². The van der Waals surface area contributed by atoms with Crippen LogP contribution in [0.2, 0.25) is 0 Å². The molecule has 9 rings (SSSR count). The number of rotatable bonds is 2. The van der Waals surface area contributed by atoms with E-state index in [2.05, 4.69) is 135 Å². The van der Waals surface area contributed by atoms with E-state index in [4.69, 9.17) is 9.15 Å². The lowest BCUT2D eigenvalue weighted by molar-refractivity contribution is 0.415. The Hall–Kier alpha value is -5.34. The number of benzene rings is 7. The molecule has 0 unspecified atom stereocenters. The lowest BCUT2D eigenvalue weighted by Gasteiger charge is -2.34. The van der Waals surface area contributed by atoms with Gasteiger partial charge >= 0.3 is 0 Å². The van der Waals surface area contributed by atoms with Crippen LogP contribution >= 0.6 is 0 Å². The lowest BCUT2D eigenvalue weighted by atomic mass is 9.74. The molecule has 0 spiro atoms. The van der Waals surface area contributed by atoms with Gasteiger partial charge in [-0.05, 0) is 86.3 Å². The van der Waals surface area contributed by atoms with E-state index in [-0.39, 0.29) is 5.41 Å². The molecule has 1 aliphatic rings. The molecule has 0 atom stereocenters. The van der Waals surface area contributed by atoms with E-state index in [1.165, 1.54) is 49.4 Å². The van der Waals surface area contributed by atoms with Gasteiger partial charge in [-0.2, -0.15) is 0 Å². The van der Waals surface area contributed by atoms with Crippen molar-refractivity contribution in [1.82, 2.24) is 0 Å². The molecule has 8 aromatic rings. The van der Waals surface area contributed by atoms with Gasteiger partial charge in [0.05, 0.1) is 0 Å². The largest absolute Gasteiger partial charge is 0.453 e. The van der Waals surface area contributed by atoms with Crippen LogP contribution in [0, 0.1) is 0 Å². The molecule has 0 bridgehead atoms. The topological polar surface area (TPSA) is 22.4 Å². The number of para-hydroxylation sites is 1. The molecule has 0 radical (unpaired) electrons. The number of hydrogen-bond acceptors (Lipinski definition) is 2. The number of fused-ring (bicyclic) bond motifs is 8. The zero-order valence-corrected chi connectivity index (χ0v) is 24.0. The Bertz CT molecular complexity index is 2410. The Balaban J connectivity index is 1.09. The van der Waals surface area contributed by atoms with E-state index in [1.807, 2.05) is 12.1 Å². The van der Waals surface area contributed by atoms with Crippen molar-refractivity contribution in [2.45, 2.75) is 19.3 Å². The molecule has 1 aromatic heterocycles. The molecule has 204 valence electrons. The zero-order chi connectivity index (χ0) is 28.7. The first kappa shape index (κ1) is 24.3. The van der Waals surface area contributed by atoms with Crippen LogP contribution in [-0.2, 0) is 5.41 Å². The van der Waals surface area contributed by atoms with Gasteiger partial charge in [-0.15, -0.1) is 0 Å². The van der Waals surface area contributed by atoms with Crippen molar-refractivity contribution in [2.75, 3.05) is 0 Å². The fourth-order valence-electron chi connectivity index (χ4n) is 6.87. The highest BCUT2D eigenvalue weighted by atomic mass is 16.5. The van der Waals surface area contributed by atoms with Crippen LogP contribution in [0.3, 0.4) is 0 Å². The van der Waals surface area contributed by atoms with Crippen LogP contribution in [0.4, 0.5) is 0 Å². The maximum absolute atomic E-state index is 6.61. The normalized spacial score (nSPS) is 13.7. The highest BCUT2D eigenvalue weighted by molar-refractivity contribution is 6.07. The molecule has 1 aliphatic heterocycles. The first-order valence-corrected chi connectivity index (χ1v) is 14.8. The van der Waals surface area contributed by atoms with Gasteiger partial charge in [-0.1, -0.05) is 105 Å². The van der Waals surface area contributed by atoms with Crippen molar-refractivity contribution in [1.29, 1.82) is 0 Å². The fraction of sp³-hybridized carbons (Fsp3) is 0.0732. The van der Waals surface area contributed by atoms with E-state index < -0.39 is 0 Å². The molecular weight excluding hydrogens is 524 g/mol. The van der Waals surface area contributed by atoms with Crippen LogP contribution in [0.1, 0.15) is 25.0 Å². The fourth-order valence-corrected chi connectivity index (χ4v) is 6.87. The summed E-state index contributed by atoms with van der Waals surface area (Å²) in [5.41, 5.74) is 8.62. The summed E-state index contributed by atoms with van der Waals surface area (Å²) in [4.78, 5) is 0. The predicted octanol–water partition coefficient (Wildman–Crippen LogP) is 11.7. The average molecular weight is 553 g/mol. The zero-order valence-electron chi connectivity index (χ0n) is 24.0. The van der Waals surface area contributed by atoms with Crippen molar-refractivity contribution < 1.29 is 9.15 Å². The van der Waals surface area contributed by atoms with Crippen LogP contribution in [-0.4, -0.2) is 0 Å². The van der Waals surface area contributed by atoms with Gasteiger partial charge in [0.25, 0.3) is 0 Å². The third kappa shape index (κ3) is 3.66. The highest BCUT2D eigenvalue weighted by Gasteiger charge is 2.36. The SMILES string of the molecule is CC1(C)c2cc(-c3ccc4cc(-c5ccc6ccccc6c5)ccc4c3)ccc2Oc2c1ccc1c2oc2ccccc21. The molecule has 43 heavy (non-hydrogen) atoms. The Morgan fingerprint density at radius 1 is 0.465 bits per heavy atom. The number of hydrogen-bond donors (Lipinski definition) is 0. The molecule has 2 heteroatoms. The second-order valence-electron chi connectivity index (χ2n) is 12.2. The maximum Gasteiger partial charge on any atom is 0.178 e. The van der Waals surface area contributed by atoms with Crippen LogP contribution < -0.4 is 4.74 Å². The van der Waals surface area contributed by atoms with Crippen molar-refractivity contribution >= 4 is 43.5 Å². The van der Waals surface area contributed by atoms with E-state index in [0.717, 1.165) is 39.0 Å². The van der Waals surface area contributed by atoms with Crippen molar-refractivity contribution in [2.24, 2.45) is 0 Å². The van der Waals surface area contributed by atoms with Crippen LogP contribution in [0.25, 0.3) is 65.7 Å². The summed E-state index contributed by atoms with van der Waals surface area (Å²) in [5, 5.41) is 7.20. The summed E-state index contributed by atoms with van der Waals surface area (Å²) in [7, 11) is 0. The van der Waals surface area contributed by atoms with Crippen molar-refractivity contribution in [3.8, 4) is 33.8 Å². The van der Waals surface area contributed by atoms with E-state index in [9.17, 15) is 0 Å². The smallest absolute Gasteiger partial charge is 0.178 e. The molecule has 2 heterocycles. The summed E-state index contributed by atoms with van der Waals surface area (Å²) in [6, 6.07) is 47.9. The molecule has 0 saturated carbocycles. The Kier molecular flexibility index (Phi) is 4.99. The second kappa shape index (κ2) is 8.83. The molecule has 2 nitrogen and oxygen atoms in total. The minimum absolute atomic E-state index is 0.252. The predicted molar refractivity (Wildman–Crippen MR) is 178 cm³/mol. The minimum Gasteiger partial charge on any atom is -0.453 e. The first-order chi connectivity index (χ1) is 21.0. The van der Waals surface area contributed by atoms with E-state index in [1.54, 1.807) is 0 Å². The molecule has 7 aromatic carbocycles. The quantitative estimate of drug-likeness (QED) is 0.213. The van der Waals surface area contributed by atoms with Crippen LogP contribution in [0.5, 0.6) is 11.5 Å². The third-order valence-corrected chi connectivity index (χ3v) is 9.30. The van der Waals surface area contributed by atoms with Gasteiger partial charge in [0.1, 0.15) is 11.3 Å². The molecule has 0 aliphatic carbocycles. The van der Waals surface area contributed by atoms with Crippen molar-refractivity contribution in [3.05, 3.63) is 145 Å². The standard InChI is InChI=1S/C41H28O2/c1-41(2)35-19-18-34-33-9-5-6-10-37(33)42-39(34)40(35)43-38-20-17-32(24-36(38)41)31-16-15-29-22-28(13-14-30(29)23-31)27-12-11-25-7-3-4-8-26(25)21-27/h3-24H,1-2H3. The monoisotopic (exact) mass is 552 g/mol. The van der Waals surface area contributed by atoms with Crippen molar-refractivity contribution in [3.63, 3.8) is 0 Å². The summed E-state index contributed by atoms with van der Waals surface area (Å²) >= 11 is 0. The summed E-state index contributed by atoms with van der Waals surface area (Å²) in [6.45, 7) is 4.56. The number of ether oxygens (including phenoxy) is 1. The Morgan fingerprint density at radius 3 is 1.79 bits per heavy atom. The van der Waals surface area contributed by atoms with E-state index in [0.29, 0.717) is 0 Å². The minimum atomic E-state index is -0.252. The van der Waals surface area contributed by atoms with Gasteiger partial charge in [-0.25, -0.2) is 0 Å². The second-order valence-corrected chi connectivity index (χ2v) is 12.2. The average Bonchev–Trinajstić information content (AvgIpc) is 3.43. The molecule has 0 saturated heterocycles. The van der Waals surface area contributed by atoms with Gasteiger partial charge in [0.15, 0.2) is 11.3 Å². The summed E-state index contributed by atoms with van der Waals surface area (Å²) in [5.74, 6) is 1.71. The maximum atomic E-state index is 6.61. The molecule has 0 fully saturated rings.